The Morgan fingerprint density at radius 1 is 1.18 bits per heavy atom. The first kappa shape index (κ1) is 20.2. The molecule has 2 amide bonds. The Labute approximate surface area is 172 Å². The quantitative estimate of drug-likeness (QED) is 0.699. The van der Waals surface area contributed by atoms with E-state index in [1.807, 2.05) is 36.4 Å². The molecular weight excluding hydrogens is 400 g/mol. The van der Waals surface area contributed by atoms with Gasteiger partial charge in [0.15, 0.2) is 6.61 Å². The number of benzene rings is 2. The monoisotopic (exact) mass is 418 g/mol. The summed E-state index contributed by atoms with van der Waals surface area (Å²) in [5.74, 6) is -0.906. The molecule has 0 fully saturated rings. The molecular formula is C20H19ClN2O4S. The van der Waals surface area contributed by atoms with Gasteiger partial charge in [0, 0.05) is 16.5 Å². The van der Waals surface area contributed by atoms with Crippen molar-refractivity contribution in [2.75, 3.05) is 30.3 Å². The van der Waals surface area contributed by atoms with E-state index in [1.54, 1.807) is 12.1 Å². The summed E-state index contributed by atoms with van der Waals surface area (Å²) in [6.45, 7) is -0.190. The predicted molar refractivity (Wildman–Crippen MR) is 109 cm³/mol. The summed E-state index contributed by atoms with van der Waals surface area (Å²) in [5, 5.41) is 3.33. The van der Waals surface area contributed by atoms with E-state index in [2.05, 4.69) is 5.32 Å². The van der Waals surface area contributed by atoms with Crippen molar-refractivity contribution in [1.82, 2.24) is 5.32 Å². The molecule has 146 valence electrons. The molecule has 3 rings (SSSR count). The van der Waals surface area contributed by atoms with Gasteiger partial charge in [-0.15, -0.1) is 11.8 Å². The summed E-state index contributed by atoms with van der Waals surface area (Å²) in [4.78, 5) is 38.4. The first-order valence-corrected chi connectivity index (χ1v) is 10.1. The summed E-state index contributed by atoms with van der Waals surface area (Å²) in [6.07, 6.45) is 0.622. The number of rotatable bonds is 7. The van der Waals surface area contributed by atoms with Gasteiger partial charge in [0.1, 0.15) is 6.54 Å². The number of ether oxygens (including phenoxy) is 1. The van der Waals surface area contributed by atoms with Gasteiger partial charge in [0.05, 0.1) is 11.4 Å². The Balaban J connectivity index is 1.43. The van der Waals surface area contributed by atoms with Gasteiger partial charge in [-0.2, -0.15) is 0 Å². The molecule has 1 N–H and O–H groups in total. The molecule has 6 nitrogen and oxygen atoms in total. The topological polar surface area (TPSA) is 75.7 Å². The van der Waals surface area contributed by atoms with E-state index in [4.69, 9.17) is 16.3 Å². The predicted octanol–water partition coefficient (Wildman–Crippen LogP) is 2.68. The SMILES string of the molecule is O=C(COC(=O)CN1C(=O)CSc2ccccc21)NCCc1cccc(Cl)c1. The Morgan fingerprint density at radius 2 is 2.00 bits per heavy atom. The van der Waals surface area contributed by atoms with E-state index >= 15 is 0 Å². The van der Waals surface area contributed by atoms with Crippen LogP contribution in [-0.2, 0) is 25.5 Å². The molecule has 0 saturated carbocycles. The summed E-state index contributed by atoms with van der Waals surface area (Å²) < 4.78 is 5.02. The fourth-order valence-electron chi connectivity index (χ4n) is 2.74. The number of hydrogen-bond acceptors (Lipinski definition) is 5. The van der Waals surface area contributed by atoms with E-state index in [9.17, 15) is 14.4 Å². The van der Waals surface area contributed by atoms with Crippen LogP contribution in [0.1, 0.15) is 5.56 Å². The largest absolute Gasteiger partial charge is 0.454 e. The number of carbonyl (C=O) groups excluding carboxylic acids is 3. The molecule has 0 aliphatic carbocycles. The lowest BCUT2D eigenvalue weighted by atomic mass is 10.1. The van der Waals surface area contributed by atoms with Crippen molar-refractivity contribution in [3.05, 3.63) is 59.1 Å². The van der Waals surface area contributed by atoms with Gasteiger partial charge >= 0.3 is 5.97 Å². The summed E-state index contributed by atoms with van der Waals surface area (Å²) in [6, 6.07) is 14.8. The van der Waals surface area contributed by atoms with Crippen LogP contribution in [0.2, 0.25) is 5.02 Å². The van der Waals surface area contributed by atoms with Crippen molar-refractivity contribution in [1.29, 1.82) is 0 Å². The lowest BCUT2D eigenvalue weighted by Crippen LogP contribution is -2.40. The van der Waals surface area contributed by atoms with Crippen molar-refractivity contribution in [2.24, 2.45) is 0 Å². The maximum atomic E-state index is 12.1. The van der Waals surface area contributed by atoms with E-state index in [0.29, 0.717) is 23.7 Å². The zero-order chi connectivity index (χ0) is 19.9. The number of thioether (sulfide) groups is 1. The van der Waals surface area contributed by atoms with Gasteiger partial charge < -0.3 is 10.1 Å². The summed E-state index contributed by atoms with van der Waals surface area (Å²) in [5.41, 5.74) is 1.69. The molecule has 1 heterocycles. The average molecular weight is 419 g/mol. The van der Waals surface area contributed by atoms with Crippen molar-refractivity contribution in [2.45, 2.75) is 11.3 Å². The van der Waals surface area contributed by atoms with Crippen LogP contribution in [0.3, 0.4) is 0 Å². The second-order valence-corrected chi connectivity index (χ2v) is 7.58. The van der Waals surface area contributed by atoms with Crippen molar-refractivity contribution in [3.8, 4) is 0 Å². The van der Waals surface area contributed by atoms with E-state index in [1.165, 1.54) is 16.7 Å². The molecule has 0 bridgehead atoms. The zero-order valence-electron chi connectivity index (χ0n) is 15.0. The van der Waals surface area contributed by atoms with Crippen LogP contribution in [0.5, 0.6) is 0 Å². The molecule has 28 heavy (non-hydrogen) atoms. The van der Waals surface area contributed by atoms with Crippen LogP contribution in [0.15, 0.2) is 53.4 Å². The first-order chi connectivity index (χ1) is 13.5. The van der Waals surface area contributed by atoms with Crippen LogP contribution in [0.25, 0.3) is 0 Å². The number of anilines is 1. The number of nitrogens with one attached hydrogen (secondary N) is 1. The molecule has 0 saturated heterocycles. The van der Waals surface area contributed by atoms with Crippen LogP contribution >= 0.6 is 23.4 Å². The van der Waals surface area contributed by atoms with Gasteiger partial charge in [-0.05, 0) is 36.2 Å². The fraction of sp³-hybridized carbons (Fsp3) is 0.250. The number of hydrogen-bond donors (Lipinski definition) is 1. The third-order valence-corrected chi connectivity index (χ3v) is 5.37. The number of para-hydroxylation sites is 1. The van der Waals surface area contributed by atoms with Gasteiger partial charge in [-0.1, -0.05) is 35.9 Å². The minimum Gasteiger partial charge on any atom is -0.454 e. The maximum absolute atomic E-state index is 12.1. The number of carbonyl (C=O) groups is 3. The van der Waals surface area contributed by atoms with Crippen molar-refractivity contribution in [3.63, 3.8) is 0 Å². The van der Waals surface area contributed by atoms with Gasteiger partial charge in [-0.3, -0.25) is 19.3 Å². The number of halogens is 1. The Hall–Kier alpha value is -2.51. The molecule has 0 aromatic heterocycles. The van der Waals surface area contributed by atoms with E-state index in [-0.39, 0.29) is 24.8 Å². The Bertz CT molecular complexity index is 890. The molecule has 0 unspecified atom stereocenters. The number of esters is 1. The van der Waals surface area contributed by atoms with Crippen molar-refractivity contribution < 1.29 is 19.1 Å². The first-order valence-electron chi connectivity index (χ1n) is 8.72. The maximum Gasteiger partial charge on any atom is 0.326 e. The molecule has 0 spiro atoms. The lowest BCUT2D eigenvalue weighted by Gasteiger charge is -2.27. The van der Waals surface area contributed by atoms with Gasteiger partial charge in [0.2, 0.25) is 5.91 Å². The highest BCUT2D eigenvalue weighted by Crippen LogP contribution is 2.34. The molecule has 2 aromatic rings. The lowest BCUT2D eigenvalue weighted by molar-refractivity contribution is -0.147. The third kappa shape index (κ3) is 5.50. The third-order valence-electron chi connectivity index (χ3n) is 4.08. The van der Waals surface area contributed by atoms with E-state index in [0.717, 1.165) is 10.5 Å². The van der Waals surface area contributed by atoms with Crippen LogP contribution in [-0.4, -0.2) is 43.2 Å². The smallest absolute Gasteiger partial charge is 0.326 e. The van der Waals surface area contributed by atoms with Crippen LogP contribution < -0.4 is 10.2 Å². The highest BCUT2D eigenvalue weighted by molar-refractivity contribution is 8.00. The number of fused-ring (bicyclic) bond motifs is 1. The van der Waals surface area contributed by atoms with Crippen molar-refractivity contribution >= 4 is 46.8 Å². The zero-order valence-corrected chi connectivity index (χ0v) is 16.6. The molecule has 0 atom stereocenters. The average Bonchev–Trinajstić information content (AvgIpc) is 2.69. The molecule has 1 aliphatic heterocycles. The standard InChI is InChI=1S/C20H19ClN2O4S/c21-15-5-3-4-14(10-15)8-9-22-18(24)12-27-20(26)11-23-16-6-1-2-7-17(16)28-13-19(23)25/h1-7,10H,8-9,11-13H2,(H,22,24). The second-order valence-electron chi connectivity index (χ2n) is 6.13. The molecule has 0 radical (unpaired) electrons. The number of amides is 2. The molecule has 2 aromatic carbocycles. The second kappa shape index (κ2) is 9.61. The minimum atomic E-state index is -0.625. The molecule has 8 heteroatoms. The van der Waals surface area contributed by atoms with Crippen LogP contribution in [0.4, 0.5) is 5.69 Å². The van der Waals surface area contributed by atoms with Gasteiger partial charge in [0.25, 0.3) is 5.91 Å². The Morgan fingerprint density at radius 3 is 2.82 bits per heavy atom. The normalized spacial score (nSPS) is 13.0. The highest BCUT2D eigenvalue weighted by atomic mass is 35.5. The van der Waals surface area contributed by atoms with Gasteiger partial charge in [-0.25, -0.2) is 0 Å². The minimum absolute atomic E-state index is 0.161. The molecule has 1 aliphatic rings. The van der Waals surface area contributed by atoms with Crippen LogP contribution in [0, 0.1) is 0 Å². The fourth-order valence-corrected chi connectivity index (χ4v) is 3.89. The summed E-state index contributed by atoms with van der Waals surface area (Å²) >= 11 is 7.36. The number of nitrogens with zero attached hydrogens (tertiary/aromatic N) is 1. The summed E-state index contributed by atoms with van der Waals surface area (Å²) in [7, 11) is 0. The Kier molecular flexibility index (Phi) is 6.95. The highest BCUT2D eigenvalue weighted by Gasteiger charge is 2.26. The van der Waals surface area contributed by atoms with E-state index < -0.39 is 11.9 Å².